The molecule has 1 aromatic heterocycles. The third-order valence-corrected chi connectivity index (χ3v) is 5.53. The Morgan fingerprint density at radius 1 is 1.00 bits per heavy atom. The summed E-state index contributed by atoms with van der Waals surface area (Å²) in [5.41, 5.74) is 0.821. The Balaban J connectivity index is 1.65. The van der Waals surface area contributed by atoms with Gasteiger partial charge in [0.25, 0.3) is 5.91 Å². The minimum atomic E-state index is -3.71. The maximum Gasteiger partial charge on any atom is 0.259 e. The SMILES string of the molecule is COCCOc1ccccc1C(=O)Nc1ccc(S(=O)(=O)NCc2ccco2)cc1. The van der Waals surface area contributed by atoms with Gasteiger partial charge in [-0.2, -0.15) is 0 Å². The molecule has 1 amide bonds. The van der Waals surface area contributed by atoms with Crippen molar-refractivity contribution in [2.45, 2.75) is 11.4 Å². The second kappa shape index (κ2) is 10.1. The van der Waals surface area contributed by atoms with Crippen molar-refractivity contribution in [3.05, 3.63) is 78.3 Å². The molecule has 0 radical (unpaired) electrons. The normalized spacial score (nSPS) is 11.2. The van der Waals surface area contributed by atoms with Crippen molar-refractivity contribution < 1.29 is 27.1 Å². The average molecular weight is 430 g/mol. The van der Waals surface area contributed by atoms with E-state index in [1.807, 2.05) is 0 Å². The molecule has 8 nitrogen and oxygen atoms in total. The van der Waals surface area contributed by atoms with Gasteiger partial charge < -0.3 is 19.2 Å². The molecule has 0 aliphatic carbocycles. The Morgan fingerprint density at radius 3 is 2.47 bits per heavy atom. The molecule has 0 aliphatic heterocycles. The van der Waals surface area contributed by atoms with E-state index in [-0.39, 0.29) is 17.3 Å². The number of hydrogen-bond donors (Lipinski definition) is 2. The summed E-state index contributed by atoms with van der Waals surface area (Å²) < 4.78 is 42.9. The Hall–Kier alpha value is -3.14. The number of furan rings is 1. The van der Waals surface area contributed by atoms with Gasteiger partial charge in [-0.15, -0.1) is 0 Å². The first-order chi connectivity index (χ1) is 14.5. The van der Waals surface area contributed by atoms with Crippen molar-refractivity contribution in [1.82, 2.24) is 4.72 Å². The van der Waals surface area contributed by atoms with Crippen LogP contribution in [0, 0.1) is 0 Å². The molecule has 3 rings (SSSR count). The third-order valence-electron chi connectivity index (χ3n) is 4.12. The van der Waals surface area contributed by atoms with Crippen LogP contribution >= 0.6 is 0 Å². The molecule has 0 spiro atoms. The van der Waals surface area contributed by atoms with Gasteiger partial charge in [0, 0.05) is 12.8 Å². The summed E-state index contributed by atoms with van der Waals surface area (Å²) in [6.07, 6.45) is 1.47. The van der Waals surface area contributed by atoms with E-state index in [0.29, 0.717) is 36.0 Å². The fourth-order valence-corrected chi connectivity index (χ4v) is 3.59. The van der Waals surface area contributed by atoms with E-state index in [1.54, 1.807) is 43.5 Å². The lowest BCUT2D eigenvalue weighted by Gasteiger charge is -2.12. The maximum absolute atomic E-state index is 12.6. The number of ether oxygens (including phenoxy) is 2. The fourth-order valence-electron chi connectivity index (χ4n) is 2.59. The zero-order valence-corrected chi connectivity index (χ0v) is 17.1. The van der Waals surface area contributed by atoms with Crippen molar-refractivity contribution in [3.8, 4) is 5.75 Å². The number of sulfonamides is 1. The van der Waals surface area contributed by atoms with Crippen LogP contribution in [-0.2, 0) is 21.3 Å². The van der Waals surface area contributed by atoms with Gasteiger partial charge in [0.05, 0.1) is 29.9 Å². The Morgan fingerprint density at radius 2 is 1.77 bits per heavy atom. The van der Waals surface area contributed by atoms with E-state index in [9.17, 15) is 13.2 Å². The molecule has 2 aromatic carbocycles. The first-order valence-electron chi connectivity index (χ1n) is 9.14. The van der Waals surface area contributed by atoms with Gasteiger partial charge in [-0.05, 0) is 48.5 Å². The highest BCUT2D eigenvalue weighted by molar-refractivity contribution is 7.89. The fraction of sp³-hybridized carbons (Fsp3) is 0.190. The Labute approximate surface area is 174 Å². The van der Waals surface area contributed by atoms with Crippen molar-refractivity contribution in [2.75, 3.05) is 25.6 Å². The molecule has 9 heteroatoms. The molecular weight excluding hydrogens is 408 g/mol. The number of hydrogen-bond acceptors (Lipinski definition) is 6. The summed E-state index contributed by atoms with van der Waals surface area (Å²) in [5, 5.41) is 2.74. The lowest BCUT2D eigenvalue weighted by Crippen LogP contribution is -2.23. The van der Waals surface area contributed by atoms with Gasteiger partial charge in [0.1, 0.15) is 18.1 Å². The minimum absolute atomic E-state index is 0.0493. The van der Waals surface area contributed by atoms with E-state index in [0.717, 1.165) is 0 Å². The smallest absolute Gasteiger partial charge is 0.259 e. The summed E-state index contributed by atoms with van der Waals surface area (Å²) in [6.45, 7) is 0.770. The van der Waals surface area contributed by atoms with Crippen LogP contribution in [0.3, 0.4) is 0 Å². The van der Waals surface area contributed by atoms with Crippen LogP contribution in [-0.4, -0.2) is 34.6 Å². The number of benzene rings is 2. The monoisotopic (exact) mass is 430 g/mol. The zero-order valence-electron chi connectivity index (χ0n) is 16.3. The van der Waals surface area contributed by atoms with E-state index in [2.05, 4.69) is 10.0 Å². The summed E-state index contributed by atoms with van der Waals surface area (Å²) in [5.74, 6) is 0.580. The quantitative estimate of drug-likeness (QED) is 0.479. The van der Waals surface area contributed by atoms with Gasteiger partial charge >= 0.3 is 0 Å². The molecule has 0 fully saturated rings. The lowest BCUT2D eigenvalue weighted by atomic mass is 10.2. The highest BCUT2D eigenvalue weighted by Gasteiger charge is 2.16. The highest BCUT2D eigenvalue weighted by atomic mass is 32.2. The number of carbonyl (C=O) groups excluding carboxylic acids is 1. The predicted molar refractivity (Wildman–Crippen MR) is 111 cm³/mol. The van der Waals surface area contributed by atoms with Crippen LogP contribution in [0.15, 0.2) is 76.2 Å². The number of methoxy groups -OCH3 is 1. The second-order valence-electron chi connectivity index (χ2n) is 6.22. The summed E-state index contributed by atoms with van der Waals surface area (Å²) >= 11 is 0. The van der Waals surface area contributed by atoms with Crippen LogP contribution in [0.4, 0.5) is 5.69 Å². The minimum Gasteiger partial charge on any atom is -0.490 e. The summed E-state index contributed by atoms with van der Waals surface area (Å²) in [7, 11) is -2.14. The number of anilines is 1. The molecule has 30 heavy (non-hydrogen) atoms. The van der Waals surface area contributed by atoms with Crippen LogP contribution in [0.1, 0.15) is 16.1 Å². The summed E-state index contributed by atoms with van der Waals surface area (Å²) in [6, 6.07) is 16.1. The average Bonchev–Trinajstić information content (AvgIpc) is 3.27. The standard InChI is InChI=1S/C21H22N2O6S/c1-27-13-14-29-20-7-3-2-6-19(20)21(24)23-16-8-10-18(11-9-16)30(25,26)22-15-17-5-4-12-28-17/h2-12,22H,13-15H2,1H3,(H,23,24). The summed E-state index contributed by atoms with van der Waals surface area (Å²) in [4.78, 5) is 12.7. The topological polar surface area (TPSA) is 107 Å². The molecule has 2 N–H and O–H groups in total. The van der Waals surface area contributed by atoms with E-state index >= 15 is 0 Å². The molecule has 0 bridgehead atoms. The first-order valence-corrected chi connectivity index (χ1v) is 10.6. The number of nitrogens with one attached hydrogen (secondary N) is 2. The number of carbonyl (C=O) groups is 1. The Bertz CT molecular complexity index is 1060. The highest BCUT2D eigenvalue weighted by Crippen LogP contribution is 2.21. The molecule has 0 unspecified atom stereocenters. The maximum atomic E-state index is 12.6. The van der Waals surface area contributed by atoms with E-state index in [1.165, 1.54) is 30.5 Å². The van der Waals surface area contributed by atoms with Gasteiger partial charge in [0.2, 0.25) is 10.0 Å². The van der Waals surface area contributed by atoms with Crippen LogP contribution in [0.25, 0.3) is 0 Å². The number of rotatable bonds is 10. The second-order valence-corrected chi connectivity index (χ2v) is 7.99. The van der Waals surface area contributed by atoms with Crippen LogP contribution < -0.4 is 14.8 Å². The zero-order chi connectivity index (χ0) is 21.4. The third kappa shape index (κ3) is 5.69. The molecule has 0 atom stereocenters. The lowest BCUT2D eigenvalue weighted by molar-refractivity contribution is 0.101. The van der Waals surface area contributed by atoms with Gasteiger partial charge in [0.15, 0.2) is 0 Å². The van der Waals surface area contributed by atoms with Crippen molar-refractivity contribution in [3.63, 3.8) is 0 Å². The van der Waals surface area contributed by atoms with Crippen molar-refractivity contribution in [2.24, 2.45) is 0 Å². The molecule has 0 saturated heterocycles. The van der Waals surface area contributed by atoms with Gasteiger partial charge in [-0.3, -0.25) is 4.79 Å². The Kier molecular flexibility index (Phi) is 7.23. The predicted octanol–water partition coefficient (Wildman–Crippen LogP) is 3.04. The van der Waals surface area contributed by atoms with Crippen LogP contribution in [0.2, 0.25) is 0 Å². The molecule has 1 heterocycles. The van der Waals surface area contributed by atoms with Gasteiger partial charge in [-0.25, -0.2) is 13.1 Å². The molecule has 3 aromatic rings. The molecule has 158 valence electrons. The van der Waals surface area contributed by atoms with E-state index < -0.39 is 10.0 Å². The van der Waals surface area contributed by atoms with Crippen molar-refractivity contribution in [1.29, 1.82) is 0 Å². The largest absolute Gasteiger partial charge is 0.490 e. The molecule has 0 aliphatic rings. The van der Waals surface area contributed by atoms with E-state index in [4.69, 9.17) is 13.9 Å². The number of para-hydroxylation sites is 1. The van der Waals surface area contributed by atoms with Crippen molar-refractivity contribution >= 4 is 21.6 Å². The van der Waals surface area contributed by atoms with Crippen LogP contribution in [0.5, 0.6) is 5.75 Å². The molecular formula is C21H22N2O6S. The number of amides is 1. The van der Waals surface area contributed by atoms with Gasteiger partial charge in [-0.1, -0.05) is 12.1 Å². The first kappa shape index (κ1) is 21.6. The molecule has 0 saturated carbocycles.